The molecule has 0 aromatic rings. The minimum atomic E-state index is 0.659. The topological polar surface area (TPSA) is 15.3 Å². The van der Waals surface area contributed by atoms with Crippen molar-refractivity contribution in [2.24, 2.45) is 0 Å². The number of nitrogens with zero attached hydrogens (tertiary/aromatic N) is 1. The van der Waals surface area contributed by atoms with Gasteiger partial charge < -0.3 is 10.2 Å². The smallest absolute Gasteiger partial charge is 0.0189 e. The molecule has 74 valence electrons. The lowest BCUT2D eigenvalue weighted by Crippen LogP contribution is -2.37. The zero-order chi connectivity index (χ0) is 9.40. The number of likely N-dealkylation sites (N-methyl/N-ethyl adjacent to an activating group) is 1. The molecule has 0 heterocycles. The molecule has 1 N–H and O–H groups in total. The molecule has 0 amide bonds. The van der Waals surface area contributed by atoms with Gasteiger partial charge in [-0.1, -0.05) is 20.3 Å². The van der Waals surface area contributed by atoms with E-state index in [0.717, 1.165) is 13.1 Å². The standard InChI is InChI=1S/C10H24N2/c1-5-7-8-11-9-10(3)12(4)6-2/h10-11H,5-9H2,1-4H3. The van der Waals surface area contributed by atoms with Gasteiger partial charge in [-0.05, 0) is 33.5 Å². The van der Waals surface area contributed by atoms with Gasteiger partial charge in [0.05, 0.1) is 0 Å². The molecule has 0 fully saturated rings. The summed E-state index contributed by atoms with van der Waals surface area (Å²) in [4.78, 5) is 2.36. The van der Waals surface area contributed by atoms with Crippen LogP contribution >= 0.6 is 0 Å². The van der Waals surface area contributed by atoms with Crippen LogP contribution in [0.3, 0.4) is 0 Å². The van der Waals surface area contributed by atoms with Gasteiger partial charge >= 0.3 is 0 Å². The summed E-state index contributed by atoms with van der Waals surface area (Å²) in [6.45, 7) is 10.1. The van der Waals surface area contributed by atoms with E-state index in [9.17, 15) is 0 Å². The summed E-state index contributed by atoms with van der Waals surface area (Å²) in [5, 5.41) is 3.46. The molecule has 0 aliphatic rings. The normalized spacial score (nSPS) is 13.8. The third kappa shape index (κ3) is 5.56. The second-order valence-electron chi connectivity index (χ2n) is 3.48. The number of unbranched alkanes of at least 4 members (excludes halogenated alkanes) is 1. The Balaban J connectivity index is 3.24. The van der Waals surface area contributed by atoms with Gasteiger partial charge in [0.2, 0.25) is 0 Å². The van der Waals surface area contributed by atoms with Crippen LogP contribution in [0.4, 0.5) is 0 Å². The minimum Gasteiger partial charge on any atom is -0.315 e. The first-order chi connectivity index (χ1) is 5.72. The first kappa shape index (κ1) is 11.9. The first-order valence-electron chi connectivity index (χ1n) is 5.13. The summed E-state index contributed by atoms with van der Waals surface area (Å²) < 4.78 is 0. The van der Waals surface area contributed by atoms with Crippen molar-refractivity contribution in [2.75, 3.05) is 26.7 Å². The van der Waals surface area contributed by atoms with Crippen molar-refractivity contribution in [3.05, 3.63) is 0 Å². The molecule has 0 saturated heterocycles. The van der Waals surface area contributed by atoms with Crippen LogP contribution in [0.1, 0.15) is 33.6 Å². The highest BCUT2D eigenvalue weighted by Gasteiger charge is 2.04. The highest BCUT2D eigenvalue weighted by Crippen LogP contribution is 1.92. The van der Waals surface area contributed by atoms with Crippen LogP contribution in [0.25, 0.3) is 0 Å². The molecule has 0 rings (SSSR count). The Morgan fingerprint density at radius 1 is 1.33 bits per heavy atom. The Bertz CT molecular complexity index is 93.8. The van der Waals surface area contributed by atoms with E-state index in [-0.39, 0.29) is 0 Å². The monoisotopic (exact) mass is 172 g/mol. The van der Waals surface area contributed by atoms with E-state index >= 15 is 0 Å². The van der Waals surface area contributed by atoms with Crippen molar-refractivity contribution in [2.45, 2.75) is 39.7 Å². The van der Waals surface area contributed by atoms with E-state index < -0.39 is 0 Å². The third-order valence-electron chi connectivity index (χ3n) is 2.40. The second-order valence-corrected chi connectivity index (χ2v) is 3.48. The average molecular weight is 172 g/mol. The number of hydrogen-bond donors (Lipinski definition) is 1. The molecule has 0 radical (unpaired) electrons. The quantitative estimate of drug-likeness (QED) is 0.588. The fraction of sp³-hybridized carbons (Fsp3) is 1.00. The van der Waals surface area contributed by atoms with Crippen LogP contribution in [-0.2, 0) is 0 Å². The molecule has 12 heavy (non-hydrogen) atoms. The Morgan fingerprint density at radius 2 is 2.00 bits per heavy atom. The van der Waals surface area contributed by atoms with Crippen LogP contribution in [0.15, 0.2) is 0 Å². The van der Waals surface area contributed by atoms with E-state index in [1.165, 1.54) is 19.4 Å². The van der Waals surface area contributed by atoms with Crippen molar-refractivity contribution in [3.63, 3.8) is 0 Å². The predicted molar refractivity (Wildman–Crippen MR) is 55.5 cm³/mol. The van der Waals surface area contributed by atoms with Crippen LogP contribution in [0.5, 0.6) is 0 Å². The van der Waals surface area contributed by atoms with Crippen LogP contribution in [0, 0.1) is 0 Å². The van der Waals surface area contributed by atoms with Gasteiger partial charge in [0.25, 0.3) is 0 Å². The summed E-state index contributed by atoms with van der Waals surface area (Å²) >= 11 is 0. The largest absolute Gasteiger partial charge is 0.315 e. The molecular weight excluding hydrogens is 148 g/mol. The molecular formula is C10H24N2. The molecule has 0 bridgehead atoms. The van der Waals surface area contributed by atoms with Gasteiger partial charge in [0.15, 0.2) is 0 Å². The van der Waals surface area contributed by atoms with Crippen LogP contribution in [-0.4, -0.2) is 37.6 Å². The van der Waals surface area contributed by atoms with E-state index in [0.29, 0.717) is 6.04 Å². The van der Waals surface area contributed by atoms with E-state index in [2.05, 4.69) is 38.0 Å². The molecule has 1 unspecified atom stereocenters. The van der Waals surface area contributed by atoms with Gasteiger partial charge in [0, 0.05) is 12.6 Å². The lowest BCUT2D eigenvalue weighted by Gasteiger charge is -2.23. The fourth-order valence-electron chi connectivity index (χ4n) is 1.08. The molecule has 2 heteroatoms. The van der Waals surface area contributed by atoms with Crippen molar-refractivity contribution in [1.29, 1.82) is 0 Å². The highest BCUT2D eigenvalue weighted by atomic mass is 15.1. The van der Waals surface area contributed by atoms with Crippen LogP contribution in [0.2, 0.25) is 0 Å². The van der Waals surface area contributed by atoms with Crippen molar-refractivity contribution in [3.8, 4) is 0 Å². The Kier molecular flexibility index (Phi) is 7.51. The molecule has 1 atom stereocenters. The van der Waals surface area contributed by atoms with Crippen molar-refractivity contribution < 1.29 is 0 Å². The Hall–Kier alpha value is -0.0800. The van der Waals surface area contributed by atoms with E-state index in [1.807, 2.05) is 0 Å². The zero-order valence-electron chi connectivity index (χ0n) is 9.06. The predicted octanol–water partition coefficient (Wildman–Crippen LogP) is 1.72. The van der Waals surface area contributed by atoms with Gasteiger partial charge in [-0.15, -0.1) is 0 Å². The molecule has 0 aromatic carbocycles. The highest BCUT2D eigenvalue weighted by molar-refractivity contribution is 4.64. The van der Waals surface area contributed by atoms with Gasteiger partial charge in [-0.3, -0.25) is 0 Å². The maximum atomic E-state index is 3.46. The number of rotatable bonds is 7. The lowest BCUT2D eigenvalue weighted by atomic mass is 10.3. The first-order valence-corrected chi connectivity index (χ1v) is 5.13. The summed E-state index contributed by atoms with van der Waals surface area (Å²) in [5.74, 6) is 0. The molecule has 2 nitrogen and oxygen atoms in total. The summed E-state index contributed by atoms with van der Waals surface area (Å²) in [7, 11) is 2.17. The maximum Gasteiger partial charge on any atom is 0.0189 e. The SMILES string of the molecule is CCCCNCC(C)N(C)CC. The summed E-state index contributed by atoms with van der Waals surface area (Å²) in [6.07, 6.45) is 2.58. The van der Waals surface area contributed by atoms with Gasteiger partial charge in [-0.2, -0.15) is 0 Å². The average Bonchev–Trinajstić information content (AvgIpc) is 2.10. The lowest BCUT2D eigenvalue weighted by molar-refractivity contribution is 0.263. The maximum absolute atomic E-state index is 3.46. The molecule has 0 saturated carbocycles. The molecule has 0 aliphatic heterocycles. The van der Waals surface area contributed by atoms with E-state index in [1.54, 1.807) is 0 Å². The molecule has 0 spiro atoms. The number of hydrogen-bond acceptors (Lipinski definition) is 2. The fourth-order valence-corrected chi connectivity index (χ4v) is 1.08. The summed E-state index contributed by atoms with van der Waals surface area (Å²) in [6, 6.07) is 0.659. The van der Waals surface area contributed by atoms with Gasteiger partial charge in [0.1, 0.15) is 0 Å². The molecule has 0 aromatic heterocycles. The minimum absolute atomic E-state index is 0.659. The second kappa shape index (κ2) is 7.56. The number of nitrogens with one attached hydrogen (secondary N) is 1. The van der Waals surface area contributed by atoms with Crippen molar-refractivity contribution >= 4 is 0 Å². The van der Waals surface area contributed by atoms with Gasteiger partial charge in [-0.25, -0.2) is 0 Å². The molecule has 0 aliphatic carbocycles. The third-order valence-corrected chi connectivity index (χ3v) is 2.40. The van der Waals surface area contributed by atoms with Crippen molar-refractivity contribution in [1.82, 2.24) is 10.2 Å². The zero-order valence-corrected chi connectivity index (χ0v) is 9.06. The van der Waals surface area contributed by atoms with E-state index in [4.69, 9.17) is 0 Å². The Labute approximate surface area is 77.3 Å². The Morgan fingerprint density at radius 3 is 2.50 bits per heavy atom. The van der Waals surface area contributed by atoms with Crippen LogP contribution < -0.4 is 5.32 Å². The summed E-state index contributed by atoms with van der Waals surface area (Å²) in [5.41, 5.74) is 0.